The van der Waals surface area contributed by atoms with Gasteiger partial charge in [-0.25, -0.2) is 0 Å². The fraction of sp³-hybridized carbons (Fsp3) is 0.471. The minimum atomic E-state index is 0.155. The lowest BCUT2D eigenvalue weighted by atomic mass is 10.0. The average molecular weight is 257 g/mol. The predicted molar refractivity (Wildman–Crippen MR) is 78.9 cm³/mol. The van der Waals surface area contributed by atoms with E-state index in [4.69, 9.17) is 0 Å². The Morgan fingerprint density at radius 3 is 2.63 bits per heavy atom. The second-order valence-electron chi connectivity index (χ2n) is 5.12. The van der Waals surface area contributed by atoms with Gasteiger partial charge in [-0.1, -0.05) is 37.6 Å². The van der Waals surface area contributed by atoms with E-state index >= 15 is 0 Å². The van der Waals surface area contributed by atoms with E-state index in [9.17, 15) is 4.79 Å². The van der Waals surface area contributed by atoms with Gasteiger partial charge >= 0.3 is 0 Å². The minimum absolute atomic E-state index is 0.155. The lowest BCUT2D eigenvalue weighted by Crippen LogP contribution is -2.32. The highest BCUT2D eigenvalue weighted by atomic mass is 16.2. The maximum absolute atomic E-state index is 12.6. The number of benzene rings is 1. The van der Waals surface area contributed by atoms with Gasteiger partial charge in [0, 0.05) is 17.8 Å². The Morgan fingerprint density at radius 1 is 1.21 bits per heavy atom. The van der Waals surface area contributed by atoms with Crippen LogP contribution in [0.15, 0.2) is 42.1 Å². The van der Waals surface area contributed by atoms with Gasteiger partial charge < -0.3 is 4.90 Å². The van der Waals surface area contributed by atoms with Gasteiger partial charge in [-0.05, 0) is 44.2 Å². The monoisotopic (exact) mass is 257 g/mol. The Hall–Kier alpha value is -1.57. The van der Waals surface area contributed by atoms with E-state index in [1.54, 1.807) is 0 Å². The molecule has 2 nitrogen and oxygen atoms in total. The molecule has 0 aliphatic heterocycles. The van der Waals surface area contributed by atoms with Gasteiger partial charge in [0.25, 0.3) is 5.91 Å². The first-order chi connectivity index (χ1) is 9.33. The molecule has 0 fully saturated rings. The number of amides is 1. The Morgan fingerprint density at radius 2 is 2.00 bits per heavy atom. The highest BCUT2D eigenvalue weighted by Gasteiger charge is 2.19. The molecular formula is C17H23NO. The highest BCUT2D eigenvalue weighted by Crippen LogP contribution is 2.23. The fourth-order valence-corrected chi connectivity index (χ4v) is 2.49. The van der Waals surface area contributed by atoms with Crippen molar-refractivity contribution in [3.63, 3.8) is 0 Å². The van der Waals surface area contributed by atoms with Gasteiger partial charge in [0.15, 0.2) is 0 Å². The van der Waals surface area contributed by atoms with Crippen LogP contribution in [0.5, 0.6) is 0 Å². The highest BCUT2D eigenvalue weighted by molar-refractivity contribution is 5.95. The maximum Gasteiger partial charge on any atom is 0.257 e. The Kier molecular flexibility index (Phi) is 5.20. The van der Waals surface area contributed by atoms with Crippen molar-refractivity contribution in [1.82, 2.24) is 4.90 Å². The van der Waals surface area contributed by atoms with E-state index in [2.05, 4.69) is 13.0 Å². The van der Waals surface area contributed by atoms with Crippen LogP contribution in [0.1, 0.15) is 55.8 Å². The molecule has 0 N–H and O–H groups in total. The van der Waals surface area contributed by atoms with Crippen molar-refractivity contribution in [2.45, 2.75) is 45.4 Å². The van der Waals surface area contributed by atoms with Crippen molar-refractivity contribution >= 4 is 5.91 Å². The van der Waals surface area contributed by atoms with E-state index in [0.717, 1.165) is 37.8 Å². The molecule has 1 amide bonds. The third kappa shape index (κ3) is 3.69. The molecule has 0 heterocycles. The summed E-state index contributed by atoms with van der Waals surface area (Å²) in [5, 5.41) is 0. The van der Waals surface area contributed by atoms with Crippen LogP contribution in [0.25, 0.3) is 0 Å². The molecule has 0 atom stereocenters. The molecule has 0 unspecified atom stereocenters. The summed E-state index contributed by atoms with van der Waals surface area (Å²) in [4.78, 5) is 14.6. The van der Waals surface area contributed by atoms with Crippen LogP contribution in [0.4, 0.5) is 0 Å². The largest absolute Gasteiger partial charge is 0.312 e. The first kappa shape index (κ1) is 13.9. The van der Waals surface area contributed by atoms with Crippen LogP contribution in [-0.2, 0) is 0 Å². The van der Waals surface area contributed by atoms with Crippen molar-refractivity contribution in [1.29, 1.82) is 0 Å². The smallest absolute Gasteiger partial charge is 0.257 e. The van der Waals surface area contributed by atoms with E-state index in [1.165, 1.54) is 18.5 Å². The lowest BCUT2D eigenvalue weighted by Gasteiger charge is -2.27. The van der Waals surface area contributed by atoms with E-state index in [0.29, 0.717) is 0 Å². The van der Waals surface area contributed by atoms with Crippen molar-refractivity contribution in [3.05, 3.63) is 47.7 Å². The summed E-state index contributed by atoms with van der Waals surface area (Å²) in [6.07, 6.45) is 9.05. The normalized spacial score (nSPS) is 14.9. The summed E-state index contributed by atoms with van der Waals surface area (Å²) in [6, 6.07) is 9.63. The van der Waals surface area contributed by atoms with E-state index in [-0.39, 0.29) is 5.91 Å². The summed E-state index contributed by atoms with van der Waals surface area (Å²) >= 11 is 0. The Labute approximate surface area is 116 Å². The van der Waals surface area contributed by atoms with Crippen LogP contribution in [-0.4, -0.2) is 17.4 Å². The summed E-state index contributed by atoms with van der Waals surface area (Å²) in [5.41, 5.74) is 2.03. The number of hydrogen-bond acceptors (Lipinski definition) is 1. The molecule has 1 aromatic carbocycles. The molecule has 1 aromatic rings. The van der Waals surface area contributed by atoms with Crippen molar-refractivity contribution in [2.24, 2.45) is 0 Å². The average Bonchev–Trinajstić information content (AvgIpc) is 2.49. The molecule has 1 aliphatic rings. The molecule has 0 aromatic heterocycles. The molecule has 0 radical (unpaired) electrons. The van der Waals surface area contributed by atoms with Gasteiger partial charge in [-0.15, -0.1) is 0 Å². The van der Waals surface area contributed by atoms with Crippen LogP contribution in [0, 0.1) is 0 Å². The quantitative estimate of drug-likeness (QED) is 0.766. The number of hydrogen-bond donors (Lipinski definition) is 0. The van der Waals surface area contributed by atoms with Crippen LogP contribution in [0.2, 0.25) is 0 Å². The molecule has 0 bridgehead atoms. The number of allylic oxidation sites excluding steroid dienone is 2. The van der Waals surface area contributed by atoms with Gasteiger partial charge in [0.1, 0.15) is 0 Å². The maximum atomic E-state index is 12.6. The van der Waals surface area contributed by atoms with Crippen molar-refractivity contribution in [2.75, 3.05) is 6.54 Å². The zero-order valence-electron chi connectivity index (χ0n) is 11.8. The molecule has 2 rings (SSSR count). The minimum Gasteiger partial charge on any atom is -0.312 e. The Bertz CT molecular complexity index is 436. The van der Waals surface area contributed by atoms with Crippen LogP contribution >= 0.6 is 0 Å². The number of carbonyl (C=O) groups excluding carboxylic acids is 1. The number of unbranched alkanes of at least 4 members (excludes halogenated alkanes) is 1. The standard InChI is InChI=1S/C17H23NO/c1-2-3-14-18(16-12-8-5-9-13-16)17(19)15-10-6-4-7-11-15/h4,6-7,10-12H,2-3,5,8-9,13-14H2,1H3. The molecular weight excluding hydrogens is 234 g/mol. The SMILES string of the molecule is CCCCN(C(=O)c1ccccc1)C1=CCCCC1. The van der Waals surface area contributed by atoms with E-state index in [1.807, 2.05) is 35.2 Å². The van der Waals surface area contributed by atoms with E-state index < -0.39 is 0 Å². The first-order valence-corrected chi connectivity index (χ1v) is 7.39. The second kappa shape index (κ2) is 7.13. The van der Waals surface area contributed by atoms with Crippen LogP contribution in [0.3, 0.4) is 0 Å². The molecule has 2 heteroatoms. The van der Waals surface area contributed by atoms with Gasteiger partial charge in [-0.2, -0.15) is 0 Å². The fourth-order valence-electron chi connectivity index (χ4n) is 2.49. The molecule has 0 saturated heterocycles. The predicted octanol–water partition coefficient (Wildman–Crippen LogP) is 4.39. The second-order valence-corrected chi connectivity index (χ2v) is 5.12. The number of nitrogens with zero attached hydrogens (tertiary/aromatic N) is 1. The molecule has 0 spiro atoms. The van der Waals surface area contributed by atoms with Gasteiger partial charge in [0.2, 0.25) is 0 Å². The van der Waals surface area contributed by atoms with Crippen LogP contribution < -0.4 is 0 Å². The molecule has 0 saturated carbocycles. The summed E-state index contributed by atoms with van der Waals surface area (Å²) < 4.78 is 0. The first-order valence-electron chi connectivity index (χ1n) is 7.39. The van der Waals surface area contributed by atoms with Gasteiger partial charge in [0.05, 0.1) is 0 Å². The third-order valence-electron chi connectivity index (χ3n) is 3.61. The zero-order chi connectivity index (χ0) is 13.5. The molecule has 1 aliphatic carbocycles. The Balaban J connectivity index is 2.17. The van der Waals surface area contributed by atoms with Crippen molar-refractivity contribution in [3.8, 4) is 0 Å². The molecule has 102 valence electrons. The topological polar surface area (TPSA) is 20.3 Å². The number of carbonyl (C=O) groups is 1. The summed E-state index contributed by atoms with van der Waals surface area (Å²) in [7, 11) is 0. The number of rotatable bonds is 5. The third-order valence-corrected chi connectivity index (χ3v) is 3.61. The van der Waals surface area contributed by atoms with Crippen molar-refractivity contribution < 1.29 is 4.79 Å². The lowest BCUT2D eigenvalue weighted by molar-refractivity contribution is 0.0796. The summed E-state index contributed by atoms with van der Waals surface area (Å²) in [6.45, 7) is 3.01. The molecule has 19 heavy (non-hydrogen) atoms. The van der Waals surface area contributed by atoms with Gasteiger partial charge in [-0.3, -0.25) is 4.79 Å². The zero-order valence-corrected chi connectivity index (χ0v) is 11.8. The summed E-state index contributed by atoms with van der Waals surface area (Å²) in [5.74, 6) is 0.155.